The second kappa shape index (κ2) is 13.8. The number of anilines is 2. The van der Waals surface area contributed by atoms with E-state index in [0.29, 0.717) is 17.1 Å². The van der Waals surface area contributed by atoms with Crippen molar-refractivity contribution in [3.05, 3.63) is 90.5 Å². The molecule has 3 N–H and O–H groups in total. The van der Waals surface area contributed by atoms with Crippen molar-refractivity contribution in [2.24, 2.45) is 5.92 Å². The van der Waals surface area contributed by atoms with Crippen LogP contribution in [0.4, 0.5) is 16.2 Å². The lowest BCUT2D eigenvalue weighted by atomic mass is 9.99. The molecule has 3 amide bonds. The molecule has 1 aliphatic heterocycles. The summed E-state index contributed by atoms with van der Waals surface area (Å²) in [5.41, 5.74) is 1.17. The first-order valence-electron chi connectivity index (χ1n) is 14.9. The van der Waals surface area contributed by atoms with Crippen LogP contribution < -0.4 is 20.1 Å². The molecule has 0 saturated heterocycles. The lowest BCUT2D eigenvalue weighted by molar-refractivity contribution is 0.0387. The molecular formula is C34H38N4O7S. The van der Waals surface area contributed by atoms with Crippen LogP contribution in [-0.2, 0) is 10.0 Å². The Hall–Kier alpha value is -4.65. The number of methoxy groups -OCH3 is 1. The number of hydrogen-bond acceptors (Lipinski definition) is 7. The van der Waals surface area contributed by atoms with Crippen LogP contribution in [0.1, 0.15) is 24.2 Å². The van der Waals surface area contributed by atoms with Gasteiger partial charge in [0.15, 0.2) is 0 Å². The number of aliphatic hydroxyl groups is 1. The van der Waals surface area contributed by atoms with Crippen LogP contribution in [0, 0.1) is 5.92 Å². The van der Waals surface area contributed by atoms with Crippen molar-refractivity contribution >= 4 is 44.1 Å². The molecule has 0 radical (unpaired) electrons. The summed E-state index contributed by atoms with van der Waals surface area (Å²) in [5.74, 6) is 0.104. The maximum atomic E-state index is 13.8. The van der Waals surface area contributed by atoms with Crippen LogP contribution in [0.25, 0.3) is 10.8 Å². The maximum absolute atomic E-state index is 13.8. The number of likely N-dealkylation sites (N-methyl/N-ethyl adjacent to an activating group) is 1. The standard InChI is InChI=1S/C34H38N4O7S/c1-22-19-38(23(2)21-39)33(40)29-18-25(35-34(41)36-30-11-7-9-24-8-5-6-10-28(24)30)12-17-31(29)45-32(22)20-37(3)46(42,43)27-15-13-26(44-4)14-16-27/h5-18,22-23,32,39H,19-21H2,1-4H3,(H2,35,36,41)/t22-,23-,32-/m1/s1. The molecule has 0 unspecified atom stereocenters. The number of hydrogen-bond donors (Lipinski definition) is 3. The summed E-state index contributed by atoms with van der Waals surface area (Å²) in [4.78, 5) is 28.5. The van der Waals surface area contributed by atoms with E-state index in [4.69, 9.17) is 9.47 Å². The van der Waals surface area contributed by atoms with Crippen molar-refractivity contribution in [2.45, 2.75) is 30.9 Å². The van der Waals surface area contributed by atoms with E-state index in [9.17, 15) is 23.1 Å². The van der Waals surface area contributed by atoms with Crippen LogP contribution in [0.5, 0.6) is 11.5 Å². The van der Waals surface area contributed by atoms with Gasteiger partial charge in [0.2, 0.25) is 10.0 Å². The summed E-state index contributed by atoms with van der Waals surface area (Å²) in [6.07, 6.45) is -0.647. The molecule has 46 heavy (non-hydrogen) atoms. The summed E-state index contributed by atoms with van der Waals surface area (Å²) < 4.78 is 39.6. The van der Waals surface area contributed by atoms with Gasteiger partial charge in [-0.1, -0.05) is 43.3 Å². The fourth-order valence-corrected chi connectivity index (χ4v) is 6.60. The van der Waals surface area contributed by atoms with Gasteiger partial charge in [0.25, 0.3) is 5.91 Å². The number of carbonyl (C=O) groups is 2. The van der Waals surface area contributed by atoms with Gasteiger partial charge in [-0.2, -0.15) is 4.31 Å². The minimum atomic E-state index is -3.87. The molecule has 0 bridgehead atoms. The van der Waals surface area contributed by atoms with E-state index in [1.54, 1.807) is 42.2 Å². The average molecular weight is 647 g/mol. The van der Waals surface area contributed by atoms with Crippen LogP contribution in [0.15, 0.2) is 89.8 Å². The number of ether oxygens (including phenoxy) is 2. The maximum Gasteiger partial charge on any atom is 0.323 e. The van der Waals surface area contributed by atoms with Gasteiger partial charge in [-0.3, -0.25) is 4.79 Å². The topological polar surface area (TPSA) is 138 Å². The minimum Gasteiger partial charge on any atom is -0.497 e. The number of rotatable bonds is 9. The number of benzene rings is 4. The van der Waals surface area contributed by atoms with Crippen LogP contribution in [-0.4, -0.2) is 80.7 Å². The van der Waals surface area contributed by atoms with E-state index in [2.05, 4.69) is 10.6 Å². The molecule has 11 nitrogen and oxygen atoms in total. The first kappa shape index (κ1) is 32.7. The van der Waals surface area contributed by atoms with Gasteiger partial charge in [0.05, 0.1) is 42.4 Å². The van der Waals surface area contributed by atoms with Crippen molar-refractivity contribution in [1.82, 2.24) is 9.21 Å². The molecule has 4 aromatic rings. The first-order chi connectivity index (χ1) is 22.0. The Labute approximate surface area is 268 Å². The highest BCUT2D eigenvalue weighted by atomic mass is 32.2. The van der Waals surface area contributed by atoms with Gasteiger partial charge in [-0.25, -0.2) is 13.2 Å². The lowest BCUT2D eigenvalue weighted by Crippen LogP contribution is -2.50. The Bertz CT molecular complexity index is 1830. The van der Waals surface area contributed by atoms with Gasteiger partial charge in [0.1, 0.15) is 17.6 Å². The van der Waals surface area contributed by atoms with Crippen molar-refractivity contribution in [1.29, 1.82) is 0 Å². The zero-order valence-electron chi connectivity index (χ0n) is 26.1. The zero-order chi connectivity index (χ0) is 33.0. The molecule has 1 aliphatic rings. The van der Waals surface area contributed by atoms with Crippen molar-refractivity contribution < 1.29 is 32.6 Å². The molecule has 1 heterocycles. The summed E-state index contributed by atoms with van der Waals surface area (Å²) in [6, 6.07) is 23.2. The highest BCUT2D eigenvalue weighted by Gasteiger charge is 2.35. The second-order valence-electron chi connectivity index (χ2n) is 11.4. The summed E-state index contributed by atoms with van der Waals surface area (Å²) in [5, 5.41) is 17.5. The van der Waals surface area contributed by atoms with Gasteiger partial charge >= 0.3 is 6.03 Å². The zero-order valence-corrected chi connectivity index (χ0v) is 27.0. The highest BCUT2D eigenvalue weighted by Crippen LogP contribution is 2.32. The van der Waals surface area contributed by atoms with Gasteiger partial charge in [-0.05, 0) is 60.8 Å². The molecular weight excluding hydrogens is 608 g/mol. The Balaban J connectivity index is 1.40. The van der Waals surface area contributed by atoms with Crippen molar-refractivity contribution in [3.63, 3.8) is 0 Å². The Morgan fingerprint density at radius 1 is 1.07 bits per heavy atom. The van der Waals surface area contributed by atoms with E-state index in [-0.39, 0.29) is 47.7 Å². The number of sulfonamides is 1. The van der Waals surface area contributed by atoms with Gasteiger partial charge < -0.3 is 30.1 Å². The highest BCUT2D eigenvalue weighted by molar-refractivity contribution is 7.89. The molecule has 0 fully saturated rings. The van der Waals surface area contributed by atoms with Crippen molar-refractivity contribution in [3.8, 4) is 11.5 Å². The van der Waals surface area contributed by atoms with Gasteiger partial charge in [-0.15, -0.1) is 0 Å². The monoisotopic (exact) mass is 646 g/mol. The summed E-state index contributed by atoms with van der Waals surface area (Å²) in [6.45, 7) is 3.55. The first-order valence-corrected chi connectivity index (χ1v) is 16.3. The van der Waals surface area contributed by atoms with E-state index in [0.717, 1.165) is 10.8 Å². The number of urea groups is 1. The van der Waals surface area contributed by atoms with Crippen molar-refractivity contribution in [2.75, 3.05) is 44.5 Å². The Morgan fingerprint density at radius 2 is 1.78 bits per heavy atom. The molecule has 3 atom stereocenters. The van der Waals surface area contributed by atoms with E-state index in [1.807, 2.05) is 43.3 Å². The van der Waals surface area contributed by atoms with Crippen LogP contribution in [0.3, 0.4) is 0 Å². The fraction of sp³-hybridized carbons (Fsp3) is 0.294. The summed E-state index contributed by atoms with van der Waals surface area (Å²) >= 11 is 0. The second-order valence-corrected chi connectivity index (χ2v) is 13.4. The SMILES string of the molecule is COc1ccc(S(=O)(=O)N(C)C[C@H]2Oc3ccc(NC(=O)Nc4cccc5ccccc45)cc3C(=O)N([C@H](C)CO)C[C@H]2C)cc1. The molecule has 0 aliphatic carbocycles. The Kier molecular flexibility index (Phi) is 9.80. The molecule has 4 aromatic carbocycles. The molecule has 0 aromatic heterocycles. The largest absolute Gasteiger partial charge is 0.497 e. The molecule has 0 saturated carbocycles. The van der Waals surface area contributed by atoms with Crippen LogP contribution >= 0.6 is 0 Å². The Morgan fingerprint density at radius 3 is 2.50 bits per heavy atom. The molecule has 0 spiro atoms. The fourth-order valence-electron chi connectivity index (χ4n) is 5.42. The molecule has 12 heteroatoms. The average Bonchev–Trinajstić information content (AvgIpc) is 3.06. The quantitative estimate of drug-likeness (QED) is 0.232. The summed E-state index contributed by atoms with van der Waals surface area (Å²) in [7, 11) is -0.879. The molecule has 242 valence electrons. The smallest absolute Gasteiger partial charge is 0.323 e. The van der Waals surface area contributed by atoms with Crippen LogP contribution in [0.2, 0.25) is 0 Å². The molecule has 5 rings (SSSR count). The number of aliphatic hydroxyl groups excluding tert-OH is 1. The number of nitrogens with zero attached hydrogens (tertiary/aromatic N) is 2. The van der Waals surface area contributed by atoms with E-state index in [1.165, 1.54) is 36.7 Å². The van der Waals surface area contributed by atoms with E-state index < -0.39 is 28.2 Å². The third-order valence-corrected chi connectivity index (χ3v) is 10.0. The van der Waals surface area contributed by atoms with Gasteiger partial charge in [0, 0.05) is 30.6 Å². The van der Waals surface area contributed by atoms with E-state index >= 15 is 0 Å². The third-order valence-electron chi connectivity index (χ3n) is 8.17. The number of fused-ring (bicyclic) bond motifs is 2. The number of amides is 3. The third kappa shape index (κ3) is 6.94. The normalized spacial score (nSPS) is 17.4. The predicted octanol–water partition coefficient (Wildman–Crippen LogP) is 5.03. The number of nitrogens with one attached hydrogen (secondary N) is 2. The lowest BCUT2D eigenvalue weighted by Gasteiger charge is -2.38. The minimum absolute atomic E-state index is 0.00204. The predicted molar refractivity (Wildman–Crippen MR) is 177 cm³/mol. The number of carbonyl (C=O) groups excluding carboxylic acids is 2.